The Morgan fingerprint density at radius 2 is 2.21 bits per heavy atom. The average molecular weight is 192 g/mol. The second kappa shape index (κ2) is 3.12. The van der Waals surface area contributed by atoms with Gasteiger partial charge in [-0.3, -0.25) is 14.3 Å². The molecule has 0 amide bonds. The van der Waals surface area contributed by atoms with E-state index >= 15 is 0 Å². The van der Waals surface area contributed by atoms with E-state index in [0.29, 0.717) is 13.1 Å². The van der Waals surface area contributed by atoms with Gasteiger partial charge < -0.3 is 5.32 Å². The molecule has 2 rings (SSSR count). The number of nitrogens with one attached hydrogen (secondary N) is 2. The van der Waals surface area contributed by atoms with Crippen LogP contribution in [0.3, 0.4) is 0 Å². The second-order valence-corrected chi connectivity index (χ2v) is 3.13. The van der Waals surface area contributed by atoms with Gasteiger partial charge in [-0.25, -0.2) is 4.79 Å². The first-order chi connectivity index (χ1) is 6.72. The van der Waals surface area contributed by atoms with Crippen LogP contribution in [0.5, 0.6) is 0 Å². The van der Waals surface area contributed by atoms with Crippen LogP contribution in [0.25, 0.3) is 0 Å². The summed E-state index contributed by atoms with van der Waals surface area (Å²) in [6, 6.07) is 1.79. The van der Waals surface area contributed by atoms with Crippen molar-refractivity contribution in [1.29, 1.82) is 5.26 Å². The zero-order valence-electron chi connectivity index (χ0n) is 7.28. The molecule has 6 heteroatoms. The molecule has 0 aromatic carbocycles. The monoisotopic (exact) mass is 192 g/mol. The fourth-order valence-corrected chi connectivity index (χ4v) is 1.31. The van der Waals surface area contributed by atoms with Gasteiger partial charge >= 0.3 is 5.69 Å². The Hall–Kier alpha value is -1.87. The summed E-state index contributed by atoms with van der Waals surface area (Å²) in [4.78, 5) is 24.5. The van der Waals surface area contributed by atoms with Crippen LogP contribution < -0.4 is 16.6 Å². The summed E-state index contributed by atoms with van der Waals surface area (Å²) in [6.45, 7) is 1.38. The van der Waals surface area contributed by atoms with Crippen molar-refractivity contribution < 1.29 is 0 Å². The Morgan fingerprint density at radius 3 is 2.71 bits per heavy atom. The van der Waals surface area contributed by atoms with E-state index in [1.807, 2.05) is 0 Å². The minimum Gasteiger partial charge on any atom is -0.313 e. The van der Waals surface area contributed by atoms with Crippen molar-refractivity contribution in [3.8, 4) is 6.07 Å². The van der Waals surface area contributed by atoms with Gasteiger partial charge in [0.25, 0.3) is 5.56 Å². The molecule has 0 radical (unpaired) electrons. The van der Waals surface area contributed by atoms with Gasteiger partial charge in [-0.2, -0.15) is 5.26 Å². The molecule has 0 spiro atoms. The smallest absolute Gasteiger partial charge is 0.313 e. The van der Waals surface area contributed by atoms with Crippen LogP contribution in [0.1, 0.15) is 11.6 Å². The van der Waals surface area contributed by atoms with Gasteiger partial charge in [-0.15, -0.1) is 0 Å². The van der Waals surface area contributed by atoms with Crippen molar-refractivity contribution in [3.05, 3.63) is 32.6 Å². The molecule has 2 N–H and O–H groups in total. The van der Waals surface area contributed by atoms with E-state index in [0.717, 1.165) is 0 Å². The van der Waals surface area contributed by atoms with Crippen LogP contribution in [0.4, 0.5) is 0 Å². The maximum absolute atomic E-state index is 11.3. The summed E-state index contributed by atoms with van der Waals surface area (Å²) >= 11 is 0. The summed E-state index contributed by atoms with van der Waals surface area (Å²) in [5.74, 6) is 0. The highest BCUT2D eigenvalue weighted by Gasteiger charge is 2.20. The highest BCUT2D eigenvalue weighted by Crippen LogP contribution is 2.07. The molecule has 0 atom stereocenters. The summed E-state index contributed by atoms with van der Waals surface area (Å²) in [7, 11) is 0. The summed E-state index contributed by atoms with van der Waals surface area (Å²) in [6.07, 6.45) is 1.31. The Bertz CT molecular complexity index is 503. The topological polar surface area (TPSA) is 90.7 Å². The normalized spacial score (nSPS) is 15.9. The molecule has 1 aliphatic rings. The third-order valence-electron chi connectivity index (χ3n) is 2.24. The lowest BCUT2D eigenvalue weighted by Crippen LogP contribution is -2.48. The molecule has 0 bridgehead atoms. The number of H-pyrrole nitrogens is 1. The van der Waals surface area contributed by atoms with Crippen molar-refractivity contribution >= 4 is 0 Å². The predicted molar refractivity (Wildman–Crippen MR) is 47.9 cm³/mol. The van der Waals surface area contributed by atoms with E-state index in [1.54, 1.807) is 6.07 Å². The SMILES string of the molecule is N#Cc1cn(C2CNC2)c(=O)[nH]c1=O. The van der Waals surface area contributed by atoms with Crippen molar-refractivity contribution in [2.45, 2.75) is 6.04 Å². The van der Waals surface area contributed by atoms with E-state index < -0.39 is 11.2 Å². The van der Waals surface area contributed by atoms with Crippen LogP contribution in [0, 0.1) is 11.3 Å². The summed E-state index contributed by atoms with van der Waals surface area (Å²) < 4.78 is 1.39. The predicted octanol–water partition coefficient (Wildman–Crippen LogP) is -1.45. The molecule has 0 aliphatic carbocycles. The molecular weight excluding hydrogens is 184 g/mol. The first-order valence-corrected chi connectivity index (χ1v) is 4.18. The van der Waals surface area contributed by atoms with Crippen molar-refractivity contribution in [2.75, 3.05) is 13.1 Å². The van der Waals surface area contributed by atoms with Crippen LogP contribution in [0.15, 0.2) is 15.8 Å². The van der Waals surface area contributed by atoms with Crippen LogP contribution >= 0.6 is 0 Å². The quantitative estimate of drug-likeness (QED) is 0.569. The van der Waals surface area contributed by atoms with E-state index in [2.05, 4.69) is 10.3 Å². The van der Waals surface area contributed by atoms with Crippen molar-refractivity contribution in [1.82, 2.24) is 14.9 Å². The van der Waals surface area contributed by atoms with E-state index in [9.17, 15) is 9.59 Å². The highest BCUT2D eigenvalue weighted by molar-refractivity contribution is 5.22. The van der Waals surface area contributed by atoms with Crippen molar-refractivity contribution in [3.63, 3.8) is 0 Å². The number of nitrogens with zero attached hydrogens (tertiary/aromatic N) is 2. The fraction of sp³-hybridized carbons (Fsp3) is 0.375. The first kappa shape index (κ1) is 8.72. The number of aromatic nitrogens is 2. The summed E-state index contributed by atoms with van der Waals surface area (Å²) in [5, 5.41) is 11.6. The zero-order chi connectivity index (χ0) is 10.1. The molecule has 1 saturated heterocycles. The van der Waals surface area contributed by atoms with E-state index in [4.69, 9.17) is 5.26 Å². The van der Waals surface area contributed by atoms with Gasteiger partial charge in [0.2, 0.25) is 0 Å². The van der Waals surface area contributed by atoms with Crippen molar-refractivity contribution in [2.24, 2.45) is 0 Å². The van der Waals surface area contributed by atoms with E-state index in [-0.39, 0.29) is 11.6 Å². The lowest BCUT2D eigenvalue weighted by molar-refractivity contribution is 0.331. The molecule has 14 heavy (non-hydrogen) atoms. The number of hydrogen-bond donors (Lipinski definition) is 2. The molecular formula is C8H8N4O2. The van der Waals surface area contributed by atoms with Gasteiger partial charge in [-0.05, 0) is 0 Å². The maximum atomic E-state index is 11.3. The lowest BCUT2D eigenvalue weighted by atomic mass is 10.2. The molecule has 1 aromatic rings. The van der Waals surface area contributed by atoms with Gasteiger partial charge in [0.1, 0.15) is 11.6 Å². The second-order valence-electron chi connectivity index (χ2n) is 3.13. The van der Waals surface area contributed by atoms with Crippen LogP contribution in [-0.2, 0) is 0 Å². The number of aromatic amines is 1. The van der Waals surface area contributed by atoms with Crippen LogP contribution in [-0.4, -0.2) is 22.6 Å². The molecule has 1 aliphatic heterocycles. The molecule has 6 nitrogen and oxygen atoms in total. The molecule has 0 saturated carbocycles. The Balaban J connectivity index is 2.56. The van der Waals surface area contributed by atoms with Crippen LogP contribution in [0.2, 0.25) is 0 Å². The first-order valence-electron chi connectivity index (χ1n) is 4.18. The Kier molecular flexibility index (Phi) is 1.94. The molecule has 1 fully saturated rings. The molecule has 0 unspecified atom stereocenters. The molecule has 72 valence electrons. The lowest BCUT2D eigenvalue weighted by Gasteiger charge is -2.28. The number of nitriles is 1. The Morgan fingerprint density at radius 1 is 1.50 bits per heavy atom. The maximum Gasteiger partial charge on any atom is 0.328 e. The number of rotatable bonds is 1. The minimum atomic E-state index is -0.624. The van der Waals surface area contributed by atoms with E-state index in [1.165, 1.54) is 10.8 Å². The standard InChI is InChI=1S/C8H8N4O2/c9-1-5-4-12(6-2-10-3-6)8(14)11-7(5)13/h4,6,10H,2-3H2,(H,11,13,14). The number of hydrogen-bond acceptors (Lipinski definition) is 4. The third-order valence-corrected chi connectivity index (χ3v) is 2.24. The van der Waals surface area contributed by atoms with Gasteiger partial charge in [0.05, 0.1) is 6.04 Å². The van der Waals surface area contributed by atoms with Gasteiger partial charge in [-0.1, -0.05) is 0 Å². The zero-order valence-corrected chi connectivity index (χ0v) is 7.28. The van der Waals surface area contributed by atoms with Gasteiger partial charge in [0, 0.05) is 19.3 Å². The third kappa shape index (κ3) is 1.24. The molecule has 1 aromatic heterocycles. The average Bonchev–Trinajstić information content (AvgIpc) is 2.06. The largest absolute Gasteiger partial charge is 0.328 e. The summed E-state index contributed by atoms with van der Waals surface area (Å²) in [5.41, 5.74) is -1.11. The van der Waals surface area contributed by atoms with Gasteiger partial charge in [0.15, 0.2) is 0 Å². The Labute approximate surface area is 78.8 Å². The minimum absolute atomic E-state index is 0.0310. The molecule has 2 heterocycles. The fourth-order valence-electron chi connectivity index (χ4n) is 1.31. The highest BCUT2D eigenvalue weighted by atomic mass is 16.2.